The van der Waals surface area contributed by atoms with Crippen molar-refractivity contribution in [3.05, 3.63) is 71.4 Å². The molecule has 3 rings (SSSR count). The van der Waals surface area contributed by atoms with Crippen LogP contribution in [0.15, 0.2) is 48.9 Å². The zero-order valence-electron chi connectivity index (χ0n) is 13.1. The van der Waals surface area contributed by atoms with Gasteiger partial charge in [-0.15, -0.1) is 0 Å². The highest BCUT2D eigenvalue weighted by Crippen LogP contribution is 2.16. The highest BCUT2D eigenvalue weighted by Gasteiger charge is 2.11. The summed E-state index contributed by atoms with van der Waals surface area (Å²) in [5.74, 6) is 0.628. The first-order valence-electron chi connectivity index (χ1n) is 7.44. The van der Waals surface area contributed by atoms with Gasteiger partial charge in [0.15, 0.2) is 0 Å². The minimum Gasteiger partial charge on any atom is -0.346 e. The zero-order chi connectivity index (χ0) is 16.2. The van der Waals surface area contributed by atoms with E-state index in [0.29, 0.717) is 12.1 Å². The number of H-pyrrole nitrogens is 1. The van der Waals surface area contributed by atoms with Gasteiger partial charge in [0.05, 0.1) is 12.2 Å². The lowest BCUT2D eigenvalue weighted by Crippen LogP contribution is -2.24. The summed E-state index contributed by atoms with van der Waals surface area (Å²) in [6.07, 6.45) is 5.28. The Labute approximate surface area is 134 Å². The predicted molar refractivity (Wildman–Crippen MR) is 88.9 cm³/mol. The SMILES string of the molecule is Cc1cccc(C(=O)NCc2nc(-c3ccncc3)c[nH]2)c1C. The number of benzene rings is 1. The van der Waals surface area contributed by atoms with E-state index in [0.717, 1.165) is 28.2 Å². The molecule has 0 spiro atoms. The highest BCUT2D eigenvalue weighted by atomic mass is 16.1. The van der Waals surface area contributed by atoms with Crippen molar-refractivity contribution >= 4 is 5.91 Å². The summed E-state index contributed by atoms with van der Waals surface area (Å²) in [5.41, 5.74) is 4.63. The van der Waals surface area contributed by atoms with Crippen molar-refractivity contribution in [3.8, 4) is 11.3 Å². The minimum atomic E-state index is -0.0898. The number of imidazole rings is 1. The van der Waals surface area contributed by atoms with Crippen molar-refractivity contribution in [2.75, 3.05) is 0 Å². The molecule has 1 aromatic carbocycles. The fraction of sp³-hybridized carbons (Fsp3) is 0.167. The summed E-state index contributed by atoms with van der Waals surface area (Å²) in [4.78, 5) is 23.9. The van der Waals surface area contributed by atoms with E-state index in [2.05, 4.69) is 20.3 Å². The molecule has 0 aliphatic heterocycles. The number of pyridine rings is 1. The molecular weight excluding hydrogens is 288 g/mol. The van der Waals surface area contributed by atoms with Crippen LogP contribution in [0.1, 0.15) is 27.3 Å². The van der Waals surface area contributed by atoms with Crippen LogP contribution in [0.3, 0.4) is 0 Å². The Kier molecular flexibility index (Phi) is 4.19. The van der Waals surface area contributed by atoms with Crippen molar-refractivity contribution < 1.29 is 4.79 Å². The minimum absolute atomic E-state index is 0.0898. The number of aryl methyl sites for hydroxylation is 1. The molecule has 1 amide bonds. The molecule has 0 saturated heterocycles. The van der Waals surface area contributed by atoms with Crippen molar-refractivity contribution in [2.45, 2.75) is 20.4 Å². The Bertz CT molecular complexity index is 824. The van der Waals surface area contributed by atoms with Gasteiger partial charge < -0.3 is 10.3 Å². The second kappa shape index (κ2) is 6.44. The van der Waals surface area contributed by atoms with E-state index in [4.69, 9.17) is 0 Å². The second-order valence-electron chi connectivity index (χ2n) is 5.40. The maximum absolute atomic E-state index is 12.3. The van der Waals surface area contributed by atoms with Gasteiger partial charge in [-0.05, 0) is 43.2 Å². The van der Waals surface area contributed by atoms with Gasteiger partial charge in [0.1, 0.15) is 5.82 Å². The lowest BCUT2D eigenvalue weighted by Gasteiger charge is -2.08. The Balaban J connectivity index is 1.68. The highest BCUT2D eigenvalue weighted by molar-refractivity contribution is 5.95. The topological polar surface area (TPSA) is 70.7 Å². The lowest BCUT2D eigenvalue weighted by atomic mass is 10.0. The van der Waals surface area contributed by atoms with E-state index in [1.165, 1.54) is 0 Å². The van der Waals surface area contributed by atoms with Crippen molar-refractivity contribution in [1.29, 1.82) is 0 Å². The maximum atomic E-state index is 12.3. The van der Waals surface area contributed by atoms with Crippen molar-refractivity contribution in [2.24, 2.45) is 0 Å². The van der Waals surface area contributed by atoms with Crippen molar-refractivity contribution in [1.82, 2.24) is 20.3 Å². The third-order valence-corrected chi connectivity index (χ3v) is 3.87. The molecule has 2 N–H and O–H groups in total. The number of aromatic nitrogens is 3. The van der Waals surface area contributed by atoms with Crippen LogP contribution in [0.2, 0.25) is 0 Å². The van der Waals surface area contributed by atoms with Gasteiger partial charge in [0, 0.05) is 29.7 Å². The summed E-state index contributed by atoms with van der Waals surface area (Å²) < 4.78 is 0. The first kappa shape index (κ1) is 15.0. The first-order chi connectivity index (χ1) is 11.1. The standard InChI is InChI=1S/C18H18N4O/c1-12-4-3-5-15(13(12)2)18(23)21-11-17-20-10-16(22-17)14-6-8-19-9-7-14/h3-10H,11H2,1-2H3,(H,20,22)(H,21,23). The third kappa shape index (κ3) is 3.29. The number of amides is 1. The normalized spacial score (nSPS) is 10.5. The number of carbonyl (C=O) groups is 1. The molecule has 5 heteroatoms. The Morgan fingerprint density at radius 2 is 1.96 bits per heavy atom. The summed E-state index contributed by atoms with van der Waals surface area (Å²) in [6, 6.07) is 9.52. The molecule has 0 bridgehead atoms. The maximum Gasteiger partial charge on any atom is 0.251 e. The first-order valence-corrected chi connectivity index (χ1v) is 7.44. The summed E-state index contributed by atoms with van der Waals surface area (Å²) in [6.45, 7) is 4.32. The van der Waals surface area contributed by atoms with Crippen LogP contribution < -0.4 is 5.32 Å². The van der Waals surface area contributed by atoms with Gasteiger partial charge in [0.25, 0.3) is 5.91 Å². The van der Waals surface area contributed by atoms with E-state index in [1.807, 2.05) is 50.4 Å². The molecule has 3 aromatic rings. The molecule has 0 atom stereocenters. The number of hydrogen-bond acceptors (Lipinski definition) is 3. The third-order valence-electron chi connectivity index (χ3n) is 3.87. The molecule has 0 radical (unpaired) electrons. The molecule has 0 aliphatic rings. The van der Waals surface area contributed by atoms with Crippen molar-refractivity contribution in [3.63, 3.8) is 0 Å². The number of rotatable bonds is 4. The van der Waals surface area contributed by atoms with Crippen LogP contribution in [0.4, 0.5) is 0 Å². The Hall–Kier alpha value is -2.95. The number of hydrogen-bond donors (Lipinski definition) is 2. The van der Waals surface area contributed by atoms with Gasteiger partial charge in [-0.3, -0.25) is 9.78 Å². The quantitative estimate of drug-likeness (QED) is 0.778. The molecule has 2 heterocycles. The van der Waals surface area contributed by atoms with Gasteiger partial charge in [-0.2, -0.15) is 0 Å². The van der Waals surface area contributed by atoms with E-state index in [9.17, 15) is 4.79 Å². The summed E-state index contributed by atoms with van der Waals surface area (Å²) >= 11 is 0. The van der Waals surface area contributed by atoms with E-state index in [1.54, 1.807) is 12.4 Å². The van der Waals surface area contributed by atoms with E-state index >= 15 is 0 Å². The molecule has 0 fully saturated rings. The summed E-state index contributed by atoms with van der Waals surface area (Å²) in [7, 11) is 0. The summed E-state index contributed by atoms with van der Waals surface area (Å²) in [5, 5.41) is 2.90. The molecule has 2 aromatic heterocycles. The molecule has 5 nitrogen and oxygen atoms in total. The predicted octanol–water partition coefficient (Wildman–Crippen LogP) is 3.02. The van der Waals surface area contributed by atoms with Crippen LogP contribution in [-0.2, 0) is 6.54 Å². The zero-order valence-corrected chi connectivity index (χ0v) is 13.1. The largest absolute Gasteiger partial charge is 0.346 e. The Morgan fingerprint density at radius 3 is 2.74 bits per heavy atom. The number of nitrogens with one attached hydrogen (secondary N) is 2. The fourth-order valence-electron chi connectivity index (χ4n) is 2.38. The molecule has 0 unspecified atom stereocenters. The number of carbonyl (C=O) groups excluding carboxylic acids is 1. The van der Waals surface area contributed by atoms with Gasteiger partial charge in [0.2, 0.25) is 0 Å². The van der Waals surface area contributed by atoms with Gasteiger partial charge >= 0.3 is 0 Å². The van der Waals surface area contributed by atoms with Gasteiger partial charge in [-0.25, -0.2) is 4.98 Å². The molecule has 0 aliphatic carbocycles. The molecule has 0 saturated carbocycles. The Morgan fingerprint density at radius 1 is 1.17 bits per heavy atom. The molecule has 116 valence electrons. The number of nitrogens with zero attached hydrogens (tertiary/aromatic N) is 2. The second-order valence-corrected chi connectivity index (χ2v) is 5.40. The van der Waals surface area contributed by atoms with Crippen LogP contribution in [0, 0.1) is 13.8 Å². The van der Waals surface area contributed by atoms with Crippen LogP contribution >= 0.6 is 0 Å². The monoisotopic (exact) mass is 306 g/mol. The number of aromatic amines is 1. The van der Waals surface area contributed by atoms with Crippen LogP contribution in [-0.4, -0.2) is 20.9 Å². The van der Waals surface area contributed by atoms with Crippen LogP contribution in [0.5, 0.6) is 0 Å². The smallest absolute Gasteiger partial charge is 0.251 e. The van der Waals surface area contributed by atoms with E-state index < -0.39 is 0 Å². The average molecular weight is 306 g/mol. The fourth-order valence-corrected chi connectivity index (χ4v) is 2.38. The van der Waals surface area contributed by atoms with E-state index in [-0.39, 0.29) is 5.91 Å². The van der Waals surface area contributed by atoms with Crippen LogP contribution in [0.25, 0.3) is 11.3 Å². The average Bonchev–Trinajstić information content (AvgIpc) is 3.05. The van der Waals surface area contributed by atoms with Gasteiger partial charge in [-0.1, -0.05) is 12.1 Å². The molecular formula is C18H18N4O. The lowest BCUT2D eigenvalue weighted by molar-refractivity contribution is 0.0949. The molecule has 23 heavy (non-hydrogen) atoms.